The van der Waals surface area contributed by atoms with Gasteiger partial charge in [-0.1, -0.05) is 0 Å². The Hall–Kier alpha value is -3.26. The standard InChI is InChI=1S/C11H15N5O4.C5H4N4/c1-15-3-14-10-6(9(15)12)13-4-16(10)11-8(19)7(18)5(2-17)20-11;1-4-5(8-2-6-1)9-3-7-4/h3-5,7-8,11-12,17-19H,2H2,1H3;1-3H,(H,6,7,8,9)/t5-,7-,8-,11-;/m1./s1. The highest BCUT2D eigenvalue weighted by Gasteiger charge is 2.43. The minimum Gasteiger partial charge on any atom is -0.394 e. The molecule has 0 saturated carbocycles. The van der Waals surface area contributed by atoms with E-state index in [2.05, 4.69) is 29.9 Å². The Morgan fingerprint density at radius 2 is 2.00 bits per heavy atom. The summed E-state index contributed by atoms with van der Waals surface area (Å²) in [6, 6.07) is 0. The second-order valence-electron chi connectivity index (χ2n) is 6.42. The SMILES string of the molecule is Cn1cnc2c(ncn2[C@@H]2O[C@H](CO)[C@@H](O)[C@H]2O)c1=N.c1ncc2[nH]cnc2n1. The smallest absolute Gasteiger partial charge is 0.180 e. The average molecular weight is 401 g/mol. The molecule has 13 nitrogen and oxygen atoms in total. The highest BCUT2D eigenvalue weighted by molar-refractivity contribution is 5.68. The summed E-state index contributed by atoms with van der Waals surface area (Å²) in [6.07, 6.45) is 3.49. The zero-order valence-corrected chi connectivity index (χ0v) is 15.3. The number of aliphatic hydroxyl groups excluding tert-OH is 3. The third-order valence-electron chi connectivity index (χ3n) is 4.59. The van der Waals surface area contributed by atoms with E-state index in [-0.39, 0.29) is 5.49 Å². The van der Waals surface area contributed by atoms with E-state index in [1.807, 2.05) is 0 Å². The molecule has 0 aromatic carbocycles. The Morgan fingerprint density at radius 3 is 2.72 bits per heavy atom. The number of rotatable bonds is 2. The number of aromatic amines is 1. The van der Waals surface area contributed by atoms with Crippen molar-refractivity contribution in [3.8, 4) is 0 Å². The van der Waals surface area contributed by atoms with Crippen molar-refractivity contribution in [3.63, 3.8) is 0 Å². The maximum absolute atomic E-state index is 10.00. The number of ether oxygens (including phenoxy) is 1. The molecule has 1 aliphatic rings. The van der Waals surface area contributed by atoms with E-state index in [9.17, 15) is 10.2 Å². The lowest BCUT2D eigenvalue weighted by atomic mass is 10.1. The molecule has 0 amide bonds. The van der Waals surface area contributed by atoms with Crippen LogP contribution < -0.4 is 5.49 Å². The molecule has 5 rings (SSSR count). The monoisotopic (exact) mass is 401 g/mol. The summed E-state index contributed by atoms with van der Waals surface area (Å²) in [5.74, 6) is 0. The summed E-state index contributed by atoms with van der Waals surface area (Å²) in [5.41, 5.74) is 2.51. The van der Waals surface area contributed by atoms with Gasteiger partial charge >= 0.3 is 0 Å². The van der Waals surface area contributed by atoms with Gasteiger partial charge in [-0.2, -0.15) is 0 Å². The minimum absolute atomic E-state index is 0.181. The Bertz CT molecular complexity index is 1160. The molecule has 1 fully saturated rings. The molecule has 152 valence electrons. The van der Waals surface area contributed by atoms with Gasteiger partial charge in [-0.05, 0) is 0 Å². The van der Waals surface area contributed by atoms with Crippen LogP contribution in [0.4, 0.5) is 0 Å². The lowest BCUT2D eigenvalue weighted by Gasteiger charge is -2.16. The van der Waals surface area contributed by atoms with Crippen molar-refractivity contribution in [2.24, 2.45) is 7.05 Å². The molecule has 0 spiro atoms. The molecule has 5 N–H and O–H groups in total. The number of nitrogens with one attached hydrogen (secondary N) is 2. The molecule has 0 aliphatic carbocycles. The van der Waals surface area contributed by atoms with Crippen LogP contribution in [0.1, 0.15) is 6.23 Å². The molecule has 13 heteroatoms. The van der Waals surface area contributed by atoms with Crippen molar-refractivity contribution < 1.29 is 20.1 Å². The summed E-state index contributed by atoms with van der Waals surface area (Å²) in [7, 11) is 1.68. The molecular formula is C16H19N9O4. The lowest BCUT2D eigenvalue weighted by Crippen LogP contribution is -2.33. The molecule has 0 radical (unpaired) electrons. The highest BCUT2D eigenvalue weighted by Crippen LogP contribution is 2.30. The summed E-state index contributed by atoms with van der Waals surface area (Å²) >= 11 is 0. The Labute approximate surface area is 162 Å². The molecule has 29 heavy (non-hydrogen) atoms. The first kappa shape index (κ1) is 19.1. The Kier molecular flexibility index (Phi) is 5.02. The topological polar surface area (TPSA) is 184 Å². The van der Waals surface area contributed by atoms with Gasteiger partial charge < -0.3 is 29.6 Å². The molecule has 0 bridgehead atoms. The second-order valence-corrected chi connectivity index (χ2v) is 6.42. The number of nitrogens with zero attached hydrogens (tertiary/aromatic N) is 7. The lowest BCUT2D eigenvalue weighted by molar-refractivity contribution is -0.0511. The molecule has 4 aromatic rings. The van der Waals surface area contributed by atoms with Gasteiger partial charge in [0.05, 0.1) is 31.8 Å². The fourth-order valence-corrected chi connectivity index (χ4v) is 3.00. The van der Waals surface area contributed by atoms with Crippen LogP contribution in [0.5, 0.6) is 0 Å². The fourth-order valence-electron chi connectivity index (χ4n) is 3.00. The number of hydrogen-bond donors (Lipinski definition) is 5. The third-order valence-corrected chi connectivity index (χ3v) is 4.59. The van der Waals surface area contributed by atoms with Crippen molar-refractivity contribution in [2.75, 3.05) is 6.61 Å². The minimum atomic E-state index is -1.20. The van der Waals surface area contributed by atoms with Gasteiger partial charge in [0.15, 0.2) is 23.0 Å². The van der Waals surface area contributed by atoms with Crippen LogP contribution in [-0.4, -0.2) is 79.3 Å². The van der Waals surface area contributed by atoms with Gasteiger partial charge in [0.2, 0.25) is 0 Å². The summed E-state index contributed by atoms with van der Waals surface area (Å²) in [6.45, 7) is -0.395. The van der Waals surface area contributed by atoms with Gasteiger partial charge in [0.25, 0.3) is 0 Å². The van der Waals surface area contributed by atoms with Crippen LogP contribution in [0.25, 0.3) is 22.3 Å². The molecule has 0 unspecified atom stereocenters. The van der Waals surface area contributed by atoms with Gasteiger partial charge in [-0.3, -0.25) is 9.98 Å². The number of aryl methyl sites for hydroxylation is 1. The Morgan fingerprint density at radius 1 is 1.17 bits per heavy atom. The first-order chi connectivity index (χ1) is 14.0. The van der Waals surface area contributed by atoms with E-state index in [0.29, 0.717) is 16.8 Å². The van der Waals surface area contributed by atoms with Crippen molar-refractivity contribution in [1.29, 1.82) is 5.41 Å². The maximum Gasteiger partial charge on any atom is 0.180 e. The quantitative estimate of drug-likeness (QED) is 0.259. The Balaban J connectivity index is 0.000000188. The van der Waals surface area contributed by atoms with E-state index in [1.54, 1.807) is 19.6 Å². The van der Waals surface area contributed by atoms with Crippen molar-refractivity contribution >= 4 is 22.3 Å². The number of aromatic nitrogens is 8. The van der Waals surface area contributed by atoms with Gasteiger partial charge in [-0.25, -0.2) is 24.9 Å². The van der Waals surface area contributed by atoms with E-state index in [1.165, 1.54) is 28.1 Å². The van der Waals surface area contributed by atoms with Crippen molar-refractivity contribution in [1.82, 2.24) is 39.0 Å². The number of imidazole rings is 2. The third kappa shape index (κ3) is 3.36. The van der Waals surface area contributed by atoms with Crippen LogP contribution in [0, 0.1) is 5.41 Å². The predicted octanol–water partition coefficient (Wildman–Crippen LogP) is -1.79. The maximum atomic E-state index is 10.00. The summed E-state index contributed by atoms with van der Waals surface area (Å²) in [5, 5.41) is 36.8. The molecule has 1 saturated heterocycles. The van der Waals surface area contributed by atoms with E-state index in [4.69, 9.17) is 15.3 Å². The van der Waals surface area contributed by atoms with Crippen molar-refractivity contribution in [3.05, 3.63) is 37.0 Å². The van der Waals surface area contributed by atoms with Crippen LogP contribution in [-0.2, 0) is 11.8 Å². The predicted molar refractivity (Wildman–Crippen MR) is 97.0 cm³/mol. The van der Waals surface area contributed by atoms with Crippen LogP contribution in [0.15, 0.2) is 31.5 Å². The fraction of sp³-hybridized carbons (Fsp3) is 0.375. The summed E-state index contributed by atoms with van der Waals surface area (Å²) in [4.78, 5) is 22.7. The van der Waals surface area contributed by atoms with Crippen LogP contribution in [0.2, 0.25) is 0 Å². The molecule has 4 atom stereocenters. The van der Waals surface area contributed by atoms with Gasteiger partial charge in [-0.15, -0.1) is 0 Å². The molecule has 5 heterocycles. The number of H-pyrrole nitrogens is 1. The summed E-state index contributed by atoms with van der Waals surface area (Å²) < 4.78 is 8.39. The largest absolute Gasteiger partial charge is 0.394 e. The zero-order valence-electron chi connectivity index (χ0n) is 15.3. The van der Waals surface area contributed by atoms with E-state index >= 15 is 0 Å². The molecule has 4 aromatic heterocycles. The van der Waals surface area contributed by atoms with Crippen molar-refractivity contribution in [2.45, 2.75) is 24.5 Å². The molecular weight excluding hydrogens is 382 g/mol. The second kappa shape index (κ2) is 7.63. The number of fused-ring (bicyclic) bond motifs is 2. The first-order valence-corrected chi connectivity index (χ1v) is 8.65. The van der Waals surface area contributed by atoms with E-state index < -0.39 is 31.1 Å². The van der Waals surface area contributed by atoms with Gasteiger partial charge in [0, 0.05) is 7.05 Å². The van der Waals surface area contributed by atoms with Crippen LogP contribution in [0.3, 0.4) is 0 Å². The first-order valence-electron chi connectivity index (χ1n) is 8.65. The average Bonchev–Trinajstić information content (AvgIpc) is 3.44. The van der Waals surface area contributed by atoms with E-state index in [0.717, 1.165) is 5.52 Å². The van der Waals surface area contributed by atoms with Crippen LogP contribution >= 0.6 is 0 Å². The highest BCUT2D eigenvalue weighted by atomic mass is 16.6. The normalized spacial score (nSPS) is 24.0. The molecule has 1 aliphatic heterocycles. The van der Waals surface area contributed by atoms with Gasteiger partial charge in [0.1, 0.15) is 35.7 Å². The number of aliphatic hydroxyl groups is 3. The zero-order chi connectivity index (χ0) is 20.5. The number of hydrogen-bond acceptors (Lipinski definition) is 10.